The summed E-state index contributed by atoms with van der Waals surface area (Å²) in [5.74, 6) is 0.734. The molecule has 0 aromatic rings. The first-order valence-electron chi connectivity index (χ1n) is 6.68. The molecule has 1 fully saturated rings. The fourth-order valence-corrected chi connectivity index (χ4v) is 4.33. The van der Waals surface area contributed by atoms with Gasteiger partial charge in [-0.25, -0.2) is 0 Å². The van der Waals surface area contributed by atoms with Crippen molar-refractivity contribution in [3.63, 3.8) is 0 Å². The van der Waals surface area contributed by atoms with Gasteiger partial charge in [0.05, 0.1) is 13.2 Å². The van der Waals surface area contributed by atoms with Crippen molar-refractivity contribution < 1.29 is 9.47 Å². The van der Waals surface area contributed by atoms with Crippen LogP contribution in [-0.4, -0.2) is 19.5 Å². The van der Waals surface area contributed by atoms with Gasteiger partial charge in [0.1, 0.15) is 0 Å². The van der Waals surface area contributed by atoms with Gasteiger partial charge in [-0.05, 0) is 69.6 Å². The molecule has 0 saturated carbocycles. The SMILES string of the molecule is CC1(C)CCC=C(I)[C@@H]1CCCC1OCCO1. The number of ether oxygens (including phenoxy) is 2. The van der Waals surface area contributed by atoms with Gasteiger partial charge in [-0.3, -0.25) is 0 Å². The largest absolute Gasteiger partial charge is 0.350 e. The number of allylic oxidation sites excluding steroid dienone is 2. The maximum atomic E-state index is 5.48. The van der Waals surface area contributed by atoms with Gasteiger partial charge in [-0.1, -0.05) is 19.9 Å². The maximum Gasteiger partial charge on any atom is 0.157 e. The van der Waals surface area contributed by atoms with Crippen molar-refractivity contribution >= 4 is 22.6 Å². The second-order valence-corrected chi connectivity index (χ2v) is 7.02. The van der Waals surface area contributed by atoms with E-state index in [0.717, 1.165) is 25.6 Å². The number of rotatable bonds is 4. The van der Waals surface area contributed by atoms with Crippen LogP contribution < -0.4 is 0 Å². The molecule has 0 bridgehead atoms. The molecule has 2 nitrogen and oxygen atoms in total. The predicted molar refractivity (Wildman–Crippen MR) is 78.2 cm³/mol. The molecule has 2 rings (SSSR count). The summed E-state index contributed by atoms with van der Waals surface area (Å²) in [6, 6.07) is 0. The summed E-state index contributed by atoms with van der Waals surface area (Å²) in [7, 11) is 0. The third kappa shape index (κ3) is 3.67. The van der Waals surface area contributed by atoms with E-state index in [4.69, 9.17) is 9.47 Å². The number of halogens is 1. The minimum Gasteiger partial charge on any atom is -0.350 e. The summed E-state index contributed by atoms with van der Waals surface area (Å²) in [5, 5.41) is 0. The zero-order chi connectivity index (χ0) is 12.3. The Hall–Kier alpha value is 0.390. The molecule has 0 spiro atoms. The fraction of sp³-hybridized carbons (Fsp3) is 0.857. The molecule has 1 heterocycles. The number of hydrogen-bond donors (Lipinski definition) is 0. The molecule has 0 N–H and O–H groups in total. The van der Waals surface area contributed by atoms with Gasteiger partial charge in [0.25, 0.3) is 0 Å². The van der Waals surface area contributed by atoms with E-state index in [2.05, 4.69) is 42.5 Å². The third-order valence-electron chi connectivity index (χ3n) is 4.03. The molecule has 0 amide bonds. The van der Waals surface area contributed by atoms with Crippen LogP contribution in [-0.2, 0) is 9.47 Å². The van der Waals surface area contributed by atoms with Crippen LogP contribution >= 0.6 is 22.6 Å². The van der Waals surface area contributed by atoms with Crippen molar-refractivity contribution in [3.05, 3.63) is 9.66 Å². The molecule has 1 aliphatic heterocycles. The van der Waals surface area contributed by atoms with E-state index < -0.39 is 0 Å². The minimum absolute atomic E-state index is 0.0725. The zero-order valence-corrected chi connectivity index (χ0v) is 13.0. The van der Waals surface area contributed by atoms with Crippen LogP contribution in [0, 0.1) is 11.3 Å². The molecule has 0 aromatic carbocycles. The topological polar surface area (TPSA) is 18.5 Å². The summed E-state index contributed by atoms with van der Waals surface area (Å²) < 4.78 is 12.5. The van der Waals surface area contributed by atoms with E-state index in [9.17, 15) is 0 Å². The van der Waals surface area contributed by atoms with Crippen molar-refractivity contribution in [2.45, 2.75) is 52.2 Å². The molecule has 1 aliphatic carbocycles. The number of hydrogen-bond acceptors (Lipinski definition) is 2. The summed E-state index contributed by atoms with van der Waals surface area (Å²) in [4.78, 5) is 0. The Balaban J connectivity index is 1.80. The van der Waals surface area contributed by atoms with Crippen molar-refractivity contribution in [1.82, 2.24) is 0 Å². The molecular weight excluding hydrogens is 327 g/mol. The monoisotopic (exact) mass is 350 g/mol. The second-order valence-electron chi connectivity index (χ2n) is 5.77. The summed E-state index contributed by atoms with van der Waals surface area (Å²) in [6.45, 7) is 6.37. The minimum atomic E-state index is 0.0725. The lowest BCUT2D eigenvalue weighted by molar-refractivity contribution is -0.0489. The van der Waals surface area contributed by atoms with E-state index in [1.165, 1.54) is 25.7 Å². The van der Waals surface area contributed by atoms with Gasteiger partial charge in [0.2, 0.25) is 0 Å². The molecule has 2 aliphatic rings. The van der Waals surface area contributed by atoms with Gasteiger partial charge in [-0.15, -0.1) is 0 Å². The summed E-state index contributed by atoms with van der Waals surface area (Å²) in [6.07, 6.45) is 8.58. The van der Waals surface area contributed by atoms with Gasteiger partial charge in [0, 0.05) is 0 Å². The van der Waals surface area contributed by atoms with Gasteiger partial charge >= 0.3 is 0 Å². The Bertz CT molecular complexity index is 280. The van der Waals surface area contributed by atoms with E-state index in [1.807, 2.05) is 0 Å². The Morgan fingerprint density at radius 1 is 1.29 bits per heavy atom. The third-order valence-corrected chi connectivity index (χ3v) is 5.22. The Morgan fingerprint density at radius 2 is 2.00 bits per heavy atom. The average molecular weight is 350 g/mol. The maximum absolute atomic E-state index is 5.48. The highest BCUT2D eigenvalue weighted by atomic mass is 127. The van der Waals surface area contributed by atoms with Crippen LogP contribution in [0.5, 0.6) is 0 Å². The normalized spacial score (nSPS) is 29.4. The highest BCUT2D eigenvalue weighted by Gasteiger charge is 2.33. The lowest BCUT2D eigenvalue weighted by Gasteiger charge is -2.38. The molecule has 98 valence electrons. The van der Waals surface area contributed by atoms with Gasteiger partial charge in [0.15, 0.2) is 6.29 Å². The molecule has 3 heteroatoms. The quantitative estimate of drug-likeness (QED) is 0.705. The fourth-order valence-electron chi connectivity index (χ4n) is 2.86. The van der Waals surface area contributed by atoms with Crippen LogP contribution in [0.4, 0.5) is 0 Å². The van der Waals surface area contributed by atoms with Crippen LogP contribution in [0.25, 0.3) is 0 Å². The standard InChI is InChI=1S/C14H23IO2/c1-14(2)8-4-6-12(15)11(14)5-3-7-13-16-9-10-17-13/h6,11,13H,3-5,7-10H2,1-2H3/t11-/m0/s1. The molecule has 0 unspecified atom stereocenters. The van der Waals surface area contributed by atoms with E-state index in [-0.39, 0.29) is 6.29 Å². The van der Waals surface area contributed by atoms with Crippen molar-refractivity contribution in [1.29, 1.82) is 0 Å². The first-order chi connectivity index (χ1) is 8.09. The second kappa shape index (κ2) is 6.02. The van der Waals surface area contributed by atoms with Crippen molar-refractivity contribution in [2.24, 2.45) is 11.3 Å². The van der Waals surface area contributed by atoms with Crippen LogP contribution in [0.1, 0.15) is 46.0 Å². The molecule has 0 radical (unpaired) electrons. The Labute approximate surface area is 118 Å². The van der Waals surface area contributed by atoms with Crippen LogP contribution in [0.15, 0.2) is 9.66 Å². The molecule has 1 saturated heterocycles. The Kier molecular flexibility index (Phi) is 4.89. The van der Waals surface area contributed by atoms with Gasteiger partial charge in [-0.2, -0.15) is 0 Å². The lowest BCUT2D eigenvalue weighted by atomic mass is 9.70. The predicted octanol–water partition coefficient (Wildman–Crippen LogP) is 4.28. The molecule has 17 heavy (non-hydrogen) atoms. The van der Waals surface area contributed by atoms with Crippen LogP contribution in [0.3, 0.4) is 0 Å². The molecule has 1 atom stereocenters. The van der Waals surface area contributed by atoms with Crippen molar-refractivity contribution in [2.75, 3.05) is 13.2 Å². The zero-order valence-electron chi connectivity index (χ0n) is 10.9. The Morgan fingerprint density at radius 3 is 2.65 bits per heavy atom. The first-order valence-corrected chi connectivity index (χ1v) is 7.76. The van der Waals surface area contributed by atoms with E-state index in [1.54, 1.807) is 3.58 Å². The molecule has 0 aromatic heterocycles. The summed E-state index contributed by atoms with van der Waals surface area (Å²) >= 11 is 2.53. The van der Waals surface area contributed by atoms with E-state index >= 15 is 0 Å². The average Bonchev–Trinajstić information content (AvgIpc) is 2.74. The highest BCUT2D eigenvalue weighted by Crippen LogP contribution is 2.46. The molecular formula is C14H23IO2. The van der Waals surface area contributed by atoms with Crippen LogP contribution in [0.2, 0.25) is 0 Å². The highest BCUT2D eigenvalue weighted by molar-refractivity contribution is 14.1. The summed E-state index contributed by atoms with van der Waals surface area (Å²) in [5.41, 5.74) is 0.461. The van der Waals surface area contributed by atoms with Crippen molar-refractivity contribution in [3.8, 4) is 0 Å². The van der Waals surface area contributed by atoms with E-state index in [0.29, 0.717) is 5.41 Å². The first kappa shape index (κ1) is 13.8. The smallest absolute Gasteiger partial charge is 0.157 e. The lowest BCUT2D eigenvalue weighted by Crippen LogP contribution is -2.27. The van der Waals surface area contributed by atoms with Gasteiger partial charge < -0.3 is 9.47 Å².